The van der Waals surface area contributed by atoms with Crippen molar-refractivity contribution in [3.8, 4) is 11.1 Å². The first kappa shape index (κ1) is 15.8. The van der Waals surface area contributed by atoms with Crippen LogP contribution >= 0.6 is 23.1 Å². The zero-order chi connectivity index (χ0) is 16.6. The first-order chi connectivity index (χ1) is 11.0. The maximum absolute atomic E-state index is 12.4. The molecular weight excluding hydrogens is 332 g/mol. The third-order valence-electron chi connectivity index (χ3n) is 3.42. The second kappa shape index (κ2) is 6.17. The normalized spacial score (nSPS) is 12.4. The lowest BCUT2D eigenvalue weighted by atomic mass is 10.1. The first-order valence-electron chi connectivity index (χ1n) is 6.93. The maximum atomic E-state index is 12.4. The number of aryl methyl sites for hydroxylation is 1. The molecule has 0 aliphatic rings. The van der Waals surface area contributed by atoms with Gasteiger partial charge in [0, 0.05) is 10.9 Å². The molecule has 7 heteroatoms. The summed E-state index contributed by atoms with van der Waals surface area (Å²) in [4.78, 5) is 31.0. The number of benzene rings is 1. The average Bonchev–Trinajstić information content (AvgIpc) is 2.92. The molecule has 23 heavy (non-hydrogen) atoms. The summed E-state index contributed by atoms with van der Waals surface area (Å²) in [5.74, 6) is -0.940. The van der Waals surface area contributed by atoms with Crippen molar-refractivity contribution in [3.63, 3.8) is 0 Å². The second-order valence-electron chi connectivity index (χ2n) is 5.16. The van der Waals surface area contributed by atoms with Gasteiger partial charge >= 0.3 is 5.97 Å². The number of carboxylic acid groups (broad SMARTS) is 1. The van der Waals surface area contributed by atoms with Crippen LogP contribution in [0.25, 0.3) is 21.3 Å². The van der Waals surface area contributed by atoms with Crippen molar-refractivity contribution < 1.29 is 9.90 Å². The van der Waals surface area contributed by atoms with Crippen LogP contribution in [0.3, 0.4) is 0 Å². The number of thioether (sulfide) groups is 1. The number of carboxylic acids is 1. The Morgan fingerprint density at radius 2 is 2.04 bits per heavy atom. The quantitative estimate of drug-likeness (QED) is 0.558. The molecular formula is C16H14N2O3S2. The van der Waals surface area contributed by atoms with E-state index in [0.717, 1.165) is 28.5 Å². The van der Waals surface area contributed by atoms with E-state index in [2.05, 4.69) is 9.97 Å². The molecule has 0 fully saturated rings. The van der Waals surface area contributed by atoms with Gasteiger partial charge in [-0.2, -0.15) is 0 Å². The number of nitrogens with zero attached hydrogens (tertiary/aromatic N) is 1. The van der Waals surface area contributed by atoms with Crippen LogP contribution in [0.15, 0.2) is 39.6 Å². The van der Waals surface area contributed by atoms with Gasteiger partial charge in [0.05, 0.1) is 5.39 Å². The van der Waals surface area contributed by atoms with E-state index in [9.17, 15) is 9.59 Å². The van der Waals surface area contributed by atoms with E-state index in [-0.39, 0.29) is 5.56 Å². The Morgan fingerprint density at radius 3 is 2.70 bits per heavy atom. The molecule has 2 heterocycles. The predicted octanol–water partition coefficient (Wildman–Crippen LogP) is 3.53. The number of aliphatic carboxylic acids is 1. The van der Waals surface area contributed by atoms with E-state index in [1.807, 2.05) is 36.6 Å². The van der Waals surface area contributed by atoms with Gasteiger partial charge in [-0.05, 0) is 19.4 Å². The first-order valence-corrected chi connectivity index (χ1v) is 8.69. The minimum absolute atomic E-state index is 0.244. The SMILES string of the molecule is Cc1ccc(-c2csc3nc(S[C@@H](C)C(=O)O)[nH]c(=O)c23)cc1. The van der Waals surface area contributed by atoms with Crippen molar-refractivity contribution in [3.05, 3.63) is 45.6 Å². The van der Waals surface area contributed by atoms with E-state index in [1.165, 1.54) is 11.3 Å². The Labute approximate surface area is 140 Å². The largest absolute Gasteiger partial charge is 0.480 e. The predicted molar refractivity (Wildman–Crippen MR) is 93.4 cm³/mol. The van der Waals surface area contributed by atoms with Crippen LogP contribution in [-0.2, 0) is 4.79 Å². The van der Waals surface area contributed by atoms with Crippen molar-refractivity contribution in [2.45, 2.75) is 24.3 Å². The van der Waals surface area contributed by atoms with Crippen LogP contribution in [0.5, 0.6) is 0 Å². The Bertz CT molecular complexity index is 929. The van der Waals surface area contributed by atoms with Gasteiger partial charge in [0.2, 0.25) is 0 Å². The van der Waals surface area contributed by atoms with E-state index in [1.54, 1.807) is 6.92 Å². The van der Waals surface area contributed by atoms with Crippen molar-refractivity contribution in [1.29, 1.82) is 0 Å². The Hall–Kier alpha value is -2.12. The Morgan fingerprint density at radius 1 is 1.35 bits per heavy atom. The van der Waals surface area contributed by atoms with Gasteiger partial charge < -0.3 is 10.1 Å². The highest BCUT2D eigenvalue weighted by molar-refractivity contribution is 8.00. The molecule has 118 valence electrons. The van der Waals surface area contributed by atoms with Crippen LogP contribution in [0.4, 0.5) is 0 Å². The van der Waals surface area contributed by atoms with Crippen LogP contribution in [-0.4, -0.2) is 26.3 Å². The van der Waals surface area contributed by atoms with E-state index >= 15 is 0 Å². The number of aromatic nitrogens is 2. The fourth-order valence-corrected chi connectivity index (χ4v) is 3.89. The second-order valence-corrected chi connectivity index (χ2v) is 7.35. The molecule has 0 unspecified atom stereocenters. The molecule has 0 spiro atoms. The fourth-order valence-electron chi connectivity index (χ4n) is 2.15. The van der Waals surface area contributed by atoms with E-state index in [4.69, 9.17) is 5.11 Å². The summed E-state index contributed by atoms with van der Waals surface area (Å²) >= 11 is 2.41. The van der Waals surface area contributed by atoms with E-state index in [0.29, 0.717) is 15.4 Å². The minimum atomic E-state index is -0.940. The summed E-state index contributed by atoms with van der Waals surface area (Å²) in [5.41, 5.74) is 2.73. The van der Waals surface area contributed by atoms with Gasteiger partial charge in [-0.15, -0.1) is 11.3 Å². The molecule has 0 radical (unpaired) electrons. The Kier molecular flexibility index (Phi) is 4.23. The van der Waals surface area contributed by atoms with Crippen LogP contribution < -0.4 is 5.56 Å². The lowest BCUT2D eigenvalue weighted by molar-refractivity contribution is -0.136. The maximum Gasteiger partial charge on any atom is 0.316 e. The molecule has 1 aromatic carbocycles. The fraction of sp³-hybridized carbons (Fsp3) is 0.188. The molecule has 0 aliphatic carbocycles. The zero-order valence-corrected chi connectivity index (χ0v) is 14.1. The topological polar surface area (TPSA) is 83.0 Å². The lowest BCUT2D eigenvalue weighted by Crippen LogP contribution is -2.14. The molecule has 0 saturated heterocycles. The van der Waals surface area contributed by atoms with Crippen molar-refractivity contribution in [1.82, 2.24) is 9.97 Å². The van der Waals surface area contributed by atoms with Gasteiger partial charge in [-0.25, -0.2) is 4.98 Å². The minimum Gasteiger partial charge on any atom is -0.480 e. The highest BCUT2D eigenvalue weighted by Gasteiger charge is 2.17. The average molecular weight is 346 g/mol. The molecule has 0 saturated carbocycles. The lowest BCUT2D eigenvalue weighted by Gasteiger charge is -2.05. The molecule has 0 amide bonds. The number of hydrogen-bond acceptors (Lipinski definition) is 5. The summed E-state index contributed by atoms with van der Waals surface area (Å²) in [5, 5.41) is 11.1. The summed E-state index contributed by atoms with van der Waals surface area (Å²) in [6, 6.07) is 7.95. The number of hydrogen-bond donors (Lipinski definition) is 2. The molecule has 3 rings (SSSR count). The van der Waals surface area contributed by atoms with Crippen LogP contribution in [0.2, 0.25) is 0 Å². The highest BCUT2D eigenvalue weighted by atomic mass is 32.2. The Balaban J connectivity index is 2.06. The van der Waals surface area contributed by atoms with Crippen LogP contribution in [0, 0.1) is 6.92 Å². The molecule has 1 atom stereocenters. The number of aromatic amines is 1. The summed E-state index contributed by atoms with van der Waals surface area (Å²) < 4.78 is 0. The standard InChI is InChI=1S/C16H14N2O3S2/c1-8-3-5-10(6-4-8)11-7-22-14-12(11)13(19)17-16(18-14)23-9(2)15(20)21/h3-7,9H,1-2H3,(H,20,21)(H,17,18,19)/t9-/m0/s1. The summed E-state index contributed by atoms with van der Waals surface area (Å²) in [6.45, 7) is 3.57. The molecule has 0 aliphatic heterocycles. The van der Waals surface area contributed by atoms with Gasteiger partial charge in [0.1, 0.15) is 10.1 Å². The molecule has 0 bridgehead atoms. The van der Waals surface area contributed by atoms with Crippen molar-refractivity contribution >= 4 is 39.3 Å². The summed E-state index contributed by atoms with van der Waals surface area (Å²) in [6.07, 6.45) is 0. The van der Waals surface area contributed by atoms with Crippen molar-refractivity contribution in [2.24, 2.45) is 0 Å². The molecule has 3 aromatic rings. The smallest absolute Gasteiger partial charge is 0.316 e. The van der Waals surface area contributed by atoms with Gasteiger partial charge in [-0.3, -0.25) is 9.59 Å². The monoisotopic (exact) mass is 346 g/mol. The number of thiophene rings is 1. The van der Waals surface area contributed by atoms with Gasteiger partial charge in [-0.1, -0.05) is 41.6 Å². The zero-order valence-electron chi connectivity index (χ0n) is 12.5. The summed E-state index contributed by atoms with van der Waals surface area (Å²) in [7, 11) is 0. The molecule has 2 aromatic heterocycles. The third-order valence-corrected chi connectivity index (χ3v) is 5.26. The molecule has 5 nitrogen and oxygen atoms in total. The number of rotatable bonds is 4. The van der Waals surface area contributed by atoms with Crippen molar-refractivity contribution in [2.75, 3.05) is 0 Å². The third kappa shape index (κ3) is 3.16. The highest BCUT2D eigenvalue weighted by Crippen LogP contribution is 2.32. The van der Waals surface area contributed by atoms with Gasteiger partial charge in [0.25, 0.3) is 5.56 Å². The number of fused-ring (bicyclic) bond motifs is 1. The van der Waals surface area contributed by atoms with Gasteiger partial charge in [0.15, 0.2) is 5.16 Å². The van der Waals surface area contributed by atoms with Crippen LogP contribution in [0.1, 0.15) is 12.5 Å². The number of nitrogens with one attached hydrogen (secondary N) is 1. The number of carbonyl (C=O) groups is 1. The number of H-pyrrole nitrogens is 1. The van der Waals surface area contributed by atoms with E-state index < -0.39 is 11.2 Å². The molecule has 2 N–H and O–H groups in total.